The van der Waals surface area contributed by atoms with Gasteiger partial charge in [0.05, 0.1) is 24.9 Å². The summed E-state index contributed by atoms with van der Waals surface area (Å²) in [5.41, 5.74) is 4.17. The zero-order valence-electron chi connectivity index (χ0n) is 19.2. The molecule has 4 aliphatic rings. The van der Waals surface area contributed by atoms with Crippen LogP contribution in [0, 0.1) is 5.92 Å². The second-order valence-electron chi connectivity index (χ2n) is 9.98. The second-order valence-corrected chi connectivity index (χ2v) is 9.98. The molecule has 1 unspecified atom stereocenters. The minimum Gasteiger partial charge on any atom is -0.377 e. The maximum Gasteiger partial charge on any atom is 0.319 e. The number of urea groups is 1. The summed E-state index contributed by atoms with van der Waals surface area (Å²) in [5.74, 6) is 2.68. The van der Waals surface area contributed by atoms with Crippen molar-refractivity contribution in [3.63, 3.8) is 0 Å². The van der Waals surface area contributed by atoms with Crippen LogP contribution in [0.5, 0.6) is 0 Å². The standard InChI is InChI=1S/C25H32N6O2/c1-16-15-33-11-10-31(16)24-21-13-30(12-17-2-3-17)14-22(21)28-23(29-24)18-4-6-19(7-5-18)26-25(32)27-20-8-9-20/h4-7,16-17,20H,2-3,8-15H2,1H3,(H2,26,27,32). The highest BCUT2D eigenvalue weighted by Gasteiger charge is 2.33. The molecule has 0 radical (unpaired) electrons. The zero-order chi connectivity index (χ0) is 22.4. The summed E-state index contributed by atoms with van der Waals surface area (Å²) in [5, 5.41) is 5.86. The Kier molecular flexibility index (Phi) is 5.42. The summed E-state index contributed by atoms with van der Waals surface area (Å²) >= 11 is 0. The quantitative estimate of drug-likeness (QED) is 0.705. The first-order valence-electron chi connectivity index (χ1n) is 12.3. The number of rotatable bonds is 6. The van der Waals surface area contributed by atoms with Crippen molar-refractivity contribution in [3.8, 4) is 11.4 Å². The van der Waals surface area contributed by atoms with Crippen LogP contribution in [-0.4, -0.2) is 59.3 Å². The molecule has 2 aliphatic carbocycles. The molecule has 8 heteroatoms. The molecule has 2 aliphatic heterocycles. The van der Waals surface area contributed by atoms with E-state index in [9.17, 15) is 4.79 Å². The number of fused-ring (bicyclic) bond motifs is 1. The molecule has 1 aromatic carbocycles. The molecule has 0 spiro atoms. The normalized spacial score (nSPS) is 22.8. The number of amides is 2. The van der Waals surface area contributed by atoms with Crippen molar-refractivity contribution in [2.45, 2.75) is 57.8 Å². The SMILES string of the molecule is CC1COCCN1c1nc(-c2ccc(NC(=O)NC3CC3)cc2)nc2c1CN(CC1CC1)C2. The first-order chi connectivity index (χ1) is 16.1. The van der Waals surface area contributed by atoms with Gasteiger partial charge in [-0.05, 0) is 62.8 Å². The summed E-state index contributed by atoms with van der Waals surface area (Å²) in [4.78, 5) is 27.1. The Bertz CT molecular complexity index is 1030. The number of nitrogens with one attached hydrogen (secondary N) is 2. The van der Waals surface area contributed by atoms with E-state index in [-0.39, 0.29) is 6.03 Å². The molecule has 1 saturated heterocycles. The minimum absolute atomic E-state index is 0.140. The third-order valence-electron chi connectivity index (χ3n) is 6.99. The number of nitrogens with zero attached hydrogens (tertiary/aromatic N) is 4. The van der Waals surface area contributed by atoms with Gasteiger partial charge in [0, 0.05) is 49.0 Å². The molecule has 3 heterocycles. The van der Waals surface area contributed by atoms with Crippen molar-refractivity contribution >= 4 is 17.5 Å². The van der Waals surface area contributed by atoms with Crippen LogP contribution in [0.25, 0.3) is 11.4 Å². The lowest BCUT2D eigenvalue weighted by Crippen LogP contribution is -2.44. The van der Waals surface area contributed by atoms with E-state index in [1.807, 2.05) is 24.3 Å². The molecule has 2 saturated carbocycles. The smallest absolute Gasteiger partial charge is 0.319 e. The highest BCUT2D eigenvalue weighted by Crippen LogP contribution is 2.37. The lowest BCUT2D eigenvalue weighted by molar-refractivity contribution is 0.0984. The second kappa shape index (κ2) is 8.57. The molecular formula is C25H32N6O2. The van der Waals surface area contributed by atoms with E-state index in [1.54, 1.807) is 0 Å². The van der Waals surface area contributed by atoms with Crippen LogP contribution in [0.4, 0.5) is 16.3 Å². The van der Waals surface area contributed by atoms with Crippen LogP contribution in [0.2, 0.25) is 0 Å². The van der Waals surface area contributed by atoms with E-state index in [0.717, 1.165) is 86.7 Å². The highest BCUT2D eigenvalue weighted by atomic mass is 16.5. The van der Waals surface area contributed by atoms with Gasteiger partial charge in [-0.2, -0.15) is 0 Å². The Morgan fingerprint density at radius 3 is 2.67 bits per heavy atom. The molecule has 2 aromatic rings. The van der Waals surface area contributed by atoms with Crippen molar-refractivity contribution in [1.29, 1.82) is 0 Å². The number of carbonyl (C=O) groups excluding carboxylic acids is 1. The molecule has 3 fully saturated rings. The minimum atomic E-state index is -0.140. The number of morpholine rings is 1. The summed E-state index contributed by atoms with van der Waals surface area (Å²) in [6.07, 6.45) is 4.86. The molecule has 1 aromatic heterocycles. The van der Waals surface area contributed by atoms with Crippen molar-refractivity contribution in [3.05, 3.63) is 35.5 Å². The largest absolute Gasteiger partial charge is 0.377 e. The van der Waals surface area contributed by atoms with Crippen LogP contribution < -0.4 is 15.5 Å². The fourth-order valence-corrected chi connectivity index (χ4v) is 4.79. The number of benzene rings is 1. The zero-order valence-corrected chi connectivity index (χ0v) is 19.2. The number of hydrogen-bond acceptors (Lipinski definition) is 6. The average molecular weight is 449 g/mol. The van der Waals surface area contributed by atoms with Crippen LogP contribution in [0.3, 0.4) is 0 Å². The number of ether oxygens (including phenoxy) is 1. The number of aromatic nitrogens is 2. The third-order valence-corrected chi connectivity index (χ3v) is 6.99. The highest BCUT2D eigenvalue weighted by molar-refractivity contribution is 5.89. The summed E-state index contributed by atoms with van der Waals surface area (Å²) < 4.78 is 5.69. The maximum atomic E-state index is 12.0. The van der Waals surface area contributed by atoms with Crippen molar-refractivity contribution in [2.24, 2.45) is 5.92 Å². The summed E-state index contributed by atoms with van der Waals surface area (Å²) in [7, 11) is 0. The monoisotopic (exact) mass is 448 g/mol. The van der Waals surface area contributed by atoms with Gasteiger partial charge in [-0.15, -0.1) is 0 Å². The van der Waals surface area contributed by atoms with E-state index in [4.69, 9.17) is 14.7 Å². The molecule has 174 valence electrons. The van der Waals surface area contributed by atoms with Crippen LogP contribution in [-0.2, 0) is 17.8 Å². The topological polar surface area (TPSA) is 82.6 Å². The van der Waals surface area contributed by atoms with Gasteiger partial charge in [-0.25, -0.2) is 14.8 Å². The van der Waals surface area contributed by atoms with Crippen LogP contribution >= 0.6 is 0 Å². The first-order valence-corrected chi connectivity index (χ1v) is 12.3. The molecular weight excluding hydrogens is 416 g/mol. The van der Waals surface area contributed by atoms with E-state index < -0.39 is 0 Å². The molecule has 33 heavy (non-hydrogen) atoms. The number of hydrogen-bond donors (Lipinski definition) is 2. The molecule has 1 atom stereocenters. The first kappa shape index (κ1) is 20.9. The maximum absolute atomic E-state index is 12.0. The van der Waals surface area contributed by atoms with Gasteiger partial charge in [-0.1, -0.05) is 0 Å². The van der Waals surface area contributed by atoms with Crippen molar-refractivity contribution in [2.75, 3.05) is 36.5 Å². The van der Waals surface area contributed by atoms with E-state index >= 15 is 0 Å². The fourth-order valence-electron chi connectivity index (χ4n) is 4.79. The Morgan fingerprint density at radius 1 is 1.12 bits per heavy atom. The summed E-state index contributed by atoms with van der Waals surface area (Å²) in [6, 6.07) is 8.34. The Balaban J connectivity index is 1.27. The van der Waals surface area contributed by atoms with Gasteiger partial charge < -0.3 is 20.3 Å². The number of carbonyl (C=O) groups is 1. The molecule has 8 nitrogen and oxygen atoms in total. The predicted molar refractivity (Wildman–Crippen MR) is 127 cm³/mol. The van der Waals surface area contributed by atoms with Gasteiger partial charge in [0.2, 0.25) is 0 Å². The van der Waals surface area contributed by atoms with Crippen LogP contribution in [0.15, 0.2) is 24.3 Å². The lowest BCUT2D eigenvalue weighted by Gasteiger charge is -2.35. The molecule has 6 rings (SSSR count). The van der Waals surface area contributed by atoms with Gasteiger partial charge in [0.25, 0.3) is 0 Å². The van der Waals surface area contributed by atoms with E-state index in [2.05, 4.69) is 27.4 Å². The average Bonchev–Trinajstić information content (AvgIpc) is 3.74. The van der Waals surface area contributed by atoms with Gasteiger partial charge in [-0.3, -0.25) is 4.90 Å². The Labute approximate surface area is 194 Å². The van der Waals surface area contributed by atoms with Gasteiger partial charge in [0.1, 0.15) is 5.82 Å². The van der Waals surface area contributed by atoms with Crippen molar-refractivity contribution < 1.29 is 9.53 Å². The third kappa shape index (κ3) is 4.68. The van der Waals surface area contributed by atoms with E-state index in [0.29, 0.717) is 12.1 Å². The van der Waals surface area contributed by atoms with Gasteiger partial charge >= 0.3 is 6.03 Å². The Morgan fingerprint density at radius 2 is 1.94 bits per heavy atom. The van der Waals surface area contributed by atoms with Crippen LogP contribution in [0.1, 0.15) is 43.9 Å². The lowest BCUT2D eigenvalue weighted by atomic mass is 10.1. The molecule has 2 amide bonds. The molecule has 2 N–H and O–H groups in total. The van der Waals surface area contributed by atoms with E-state index in [1.165, 1.54) is 18.4 Å². The fraction of sp³-hybridized carbons (Fsp3) is 0.560. The summed E-state index contributed by atoms with van der Waals surface area (Å²) in [6.45, 7) is 7.51. The predicted octanol–water partition coefficient (Wildman–Crippen LogP) is 3.38. The van der Waals surface area contributed by atoms with Crippen molar-refractivity contribution in [1.82, 2.24) is 20.2 Å². The number of anilines is 2. The Hall–Kier alpha value is -2.71. The van der Waals surface area contributed by atoms with Gasteiger partial charge in [0.15, 0.2) is 5.82 Å². The molecule has 0 bridgehead atoms.